The van der Waals surface area contributed by atoms with E-state index in [1.165, 1.54) is 13.2 Å². The van der Waals surface area contributed by atoms with Gasteiger partial charge in [-0.2, -0.15) is 0 Å². The molecule has 3 nitrogen and oxygen atoms in total. The van der Waals surface area contributed by atoms with Crippen LogP contribution in [0.15, 0.2) is 6.07 Å². The monoisotopic (exact) mass is 254 g/mol. The molecule has 0 bridgehead atoms. The second kappa shape index (κ2) is 4.60. The minimum atomic E-state index is -1.76. The molecule has 0 saturated heterocycles. The summed E-state index contributed by atoms with van der Waals surface area (Å²) < 4.78 is 4.88. The lowest BCUT2D eigenvalue weighted by Crippen LogP contribution is -2.32. The van der Waals surface area contributed by atoms with Crippen molar-refractivity contribution in [1.82, 2.24) is 0 Å². The molecule has 2 N–H and O–H groups in total. The van der Waals surface area contributed by atoms with Gasteiger partial charge in [-0.15, -0.1) is 0 Å². The summed E-state index contributed by atoms with van der Waals surface area (Å²) >= 11 is 17.3. The van der Waals surface area contributed by atoms with E-state index in [1.807, 2.05) is 0 Å². The third-order valence-corrected chi connectivity index (χ3v) is 2.59. The molecule has 0 unspecified atom stereocenters. The lowest BCUT2D eigenvalue weighted by molar-refractivity contribution is 0.412. The molecule has 76 valence electrons. The molecule has 0 fully saturated rings. The average Bonchev–Trinajstić information content (AvgIpc) is 2.02. The van der Waals surface area contributed by atoms with Crippen LogP contribution in [0.3, 0.4) is 0 Å². The molecular formula is C7H6BCl3O3. The standard InChI is InChI=1S/C7H6BCl3O3/c1-14-7-4(10)2-3(9)5(6(7)11)8(12)13/h2,12-13H,1H3. The molecule has 0 aliphatic rings. The Morgan fingerprint density at radius 2 is 1.79 bits per heavy atom. The molecule has 0 radical (unpaired) electrons. The van der Waals surface area contributed by atoms with Crippen molar-refractivity contribution in [2.45, 2.75) is 0 Å². The van der Waals surface area contributed by atoms with Crippen LogP contribution in [0, 0.1) is 0 Å². The SMILES string of the molecule is COc1c(Cl)cc(Cl)c(B(O)O)c1Cl. The van der Waals surface area contributed by atoms with E-state index in [9.17, 15) is 0 Å². The van der Waals surface area contributed by atoms with Crippen molar-refractivity contribution in [2.24, 2.45) is 0 Å². The highest BCUT2D eigenvalue weighted by atomic mass is 35.5. The van der Waals surface area contributed by atoms with Crippen LogP contribution < -0.4 is 10.2 Å². The summed E-state index contributed by atoms with van der Waals surface area (Å²) in [5.74, 6) is 0.167. The number of halogens is 3. The van der Waals surface area contributed by atoms with Crippen molar-refractivity contribution in [3.8, 4) is 5.75 Å². The summed E-state index contributed by atoms with van der Waals surface area (Å²) in [5, 5.41) is 18.3. The van der Waals surface area contributed by atoms with Crippen molar-refractivity contribution in [3.05, 3.63) is 21.1 Å². The van der Waals surface area contributed by atoms with Gasteiger partial charge in [0.25, 0.3) is 0 Å². The molecule has 0 heterocycles. The van der Waals surface area contributed by atoms with Crippen LogP contribution in [0.25, 0.3) is 0 Å². The second-order valence-electron chi connectivity index (χ2n) is 2.47. The molecule has 1 aromatic carbocycles. The quantitative estimate of drug-likeness (QED) is 0.784. The predicted molar refractivity (Wildman–Crippen MR) is 57.8 cm³/mol. The first kappa shape index (κ1) is 11.9. The maximum absolute atomic E-state index is 8.98. The van der Waals surface area contributed by atoms with Gasteiger partial charge in [0.15, 0.2) is 5.75 Å². The molecule has 0 spiro atoms. The molecule has 0 amide bonds. The number of benzene rings is 1. The normalized spacial score (nSPS) is 10.1. The number of ether oxygens (including phenoxy) is 1. The molecule has 1 rings (SSSR count). The zero-order valence-corrected chi connectivity index (χ0v) is 9.36. The van der Waals surface area contributed by atoms with Gasteiger partial charge in [0.2, 0.25) is 0 Å². The molecule has 0 atom stereocenters. The van der Waals surface area contributed by atoms with Gasteiger partial charge in [0.05, 0.1) is 17.2 Å². The summed E-state index contributed by atoms with van der Waals surface area (Å²) in [6.45, 7) is 0. The maximum Gasteiger partial charge on any atom is 0.491 e. The van der Waals surface area contributed by atoms with Crippen molar-refractivity contribution < 1.29 is 14.8 Å². The van der Waals surface area contributed by atoms with E-state index in [4.69, 9.17) is 49.6 Å². The van der Waals surface area contributed by atoms with Crippen LogP contribution in [0.2, 0.25) is 15.1 Å². The smallest absolute Gasteiger partial charge is 0.491 e. The van der Waals surface area contributed by atoms with Gasteiger partial charge < -0.3 is 14.8 Å². The highest BCUT2D eigenvalue weighted by Crippen LogP contribution is 2.34. The molecule has 0 saturated carbocycles. The first-order valence-electron chi connectivity index (χ1n) is 3.56. The molecule has 0 aliphatic heterocycles. The van der Waals surface area contributed by atoms with Crippen molar-refractivity contribution in [1.29, 1.82) is 0 Å². The van der Waals surface area contributed by atoms with Crippen LogP contribution in [0.4, 0.5) is 0 Å². The van der Waals surface area contributed by atoms with Crippen LogP contribution in [0.1, 0.15) is 0 Å². The minimum absolute atomic E-state index is 0.000000000000000444. The van der Waals surface area contributed by atoms with Crippen LogP contribution in [-0.4, -0.2) is 24.3 Å². The number of hydrogen-bond acceptors (Lipinski definition) is 3. The molecular weight excluding hydrogens is 249 g/mol. The lowest BCUT2D eigenvalue weighted by atomic mass is 9.80. The van der Waals surface area contributed by atoms with Crippen molar-refractivity contribution in [3.63, 3.8) is 0 Å². The Morgan fingerprint density at radius 3 is 2.21 bits per heavy atom. The highest BCUT2D eigenvalue weighted by Gasteiger charge is 2.24. The van der Waals surface area contributed by atoms with Crippen LogP contribution in [-0.2, 0) is 0 Å². The highest BCUT2D eigenvalue weighted by molar-refractivity contribution is 6.67. The Balaban J connectivity index is 3.44. The van der Waals surface area contributed by atoms with E-state index in [-0.39, 0.29) is 26.3 Å². The van der Waals surface area contributed by atoms with Gasteiger partial charge in [0, 0.05) is 10.5 Å². The summed E-state index contributed by atoms with van der Waals surface area (Å²) in [6, 6.07) is 1.34. The molecule has 0 aliphatic carbocycles. The fourth-order valence-electron chi connectivity index (χ4n) is 1.01. The topological polar surface area (TPSA) is 49.7 Å². The fourth-order valence-corrected chi connectivity index (χ4v) is 2.12. The first-order chi connectivity index (χ1) is 6.49. The van der Waals surface area contributed by atoms with Gasteiger partial charge in [-0.05, 0) is 6.07 Å². The number of methoxy groups -OCH3 is 1. The van der Waals surface area contributed by atoms with Gasteiger partial charge >= 0.3 is 7.12 Å². The molecule has 1 aromatic rings. The van der Waals surface area contributed by atoms with Crippen molar-refractivity contribution in [2.75, 3.05) is 7.11 Å². The molecule has 0 aromatic heterocycles. The summed E-state index contributed by atoms with van der Waals surface area (Å²) in [5.41, 5.74) is -0.0189. The zero-order valence-electron chi connectivity index (χ0n) is 7.09. The largest absolute Gasteiger partial charge is 0.494 e. The Bertz CT molecular complexity index is 357. The van der Waals surface area contributed by atoms with Gasteiger partial charge in [-0.1, -0.05) is 34.8 Å². The van der Waals surface area contributed by atoms with Gasteiger partial charge in [0.1, 0.15) is 0 Å². The van der Waals surface area contributed by atoms with Crippen molar-refractivity contribution >= 4 is 47.4 Å². The Labute approximate surface area is 96.3 Å². The second-order valence-corrected chi connectivity index (χ2v) is 3.67. The molecule has 14 heavy (non-hydrogen) atoms. The Kier molecular flexibility index (Phi) is 3.92. The molecule has 7 heteroatoms. The Hall–Kier alpha value is -0.125. The van der Waals surface area contributed by atoms with E-state index in [0.717, 1.165) is 0 Å². The van der Waals surface area contributed by atoms with E-state index in [2.05, 4.69) is 0 Å². The van der Waals surface area contributed by atoms with E-state index >= 15 is 0 Å². The summed E-state index contributed by atoms with van der Waals surface area (Å²) in [6.07, 6.45) is 0. The number of hydrogen-bond donors (Lipinski definition) is 2. The fraction of sp³-hybridized carbons (Fsp3) is 0.143. The van der Waals surface area contributed by atoms with Gasteiger partial charge in [-0.25, -0.2) is 0 Å². The number of rotatable bonds is 2. The van der Waals surface area contributed by atoms with Crippen LogP contribution in [0.5, 0.6) is 5.75 Å². The third-order valence-electron chi connectivity index (χ3n) is 1.63. The van der Waals surface area contributed by atoms with E-state index in [1.54, 1.807) is 0 Å². The van der Waals surface area contributed by atoms with Crippen LogP contribution >= 0.6 is 34.8 Å². The van der Waals surface area contributed by atoms with Gasteiger partial charge in [-0.3, -0.25) is 0 Å². The zero-order chi connectivity index (χ0) is 10.9. The first-order valence-corrected chi connectivity index (χ1v) is 4.70. The summed E-state index contributed by atoms with van der Waals surface area (Å²) in [7, 11) is -0.393. The van der Waals surface area contributed by atoms with E-state index in [0.29, 0.717) is 0 Å². The minimum Gasteiger partial charge on any atom is -0.494 e. The lowest BCUT2D eigenvalue weighted by Gasteiger charge is -2.11. The van der Waals surface area contributed by atoms with E-state index < -0.39 is 7.12 Å². The maximum atomic E-state index is 8.98. The third kappa shape index (κ3) is 2.10. The Morgan fingerprint density at radius 1 is 1.21 bits per heavy atom. The predicted octanol–water partition coefficient (Wildman–Crippen LogP) is 1.34. The summed E-state index contributed by atoms with van der Waals surface area (Å²) in [4.78, 5) is 0. The average molecular weight is 255 g/mol.